The number of anilines is 1. The molecule has 0 aliphatic rings. The smallest absolute Gasteiger partial charge is 0.281 e. The molecule has 0 saturated carbocycles. The predicted molar refractivity (Wildman–Crippen MR) is 108 cm³/mol. The van der Waals surface area contributed by atoms with Crippen LogP contribution in [-0.2, 0) is 26.6 Å². The van der Waals surface area contributed by atoms with Crippen LogP contribution in [0.15, 0.2) is 39.9 Å². The maximum absolute atomic E-state index is 12.2. The average Bonchev–Trinajstić information content (AvgIpc) is 2.99. The van der Waals surface area contributed by atoms with E-state index in [1.165, 1.54) is 11.4 Å². The molecule has 0 saturated heterocycles. The van der Waals surface area contributed by atoms with Crippen LogP contribution in [0.4, 0.5) is 5.69 Å². The molecule has 0 fully saturated rings. The molecule has 6 nitrogen and oxygen atoms in total. The van der Waals surface area contributed by atoms with Crippen molar-refractivity contribution >= 4 is 37.2 Å². The molecule has 2 aromatic rings. The highest BCUT2D eigenvalue weighted by Gasteiger charge is 2.21. The van der Waals surface area contributed by atoms with Gasteiger partial charge in [0, 0.05) is 11.0 Å². The number of hydrogen-bond donors (Lipinski definition) is 2. The average molecular weight is 428 g/mol. The molecule has 0 aliphatic heterocycles. The SMILES string of the molecule is CC(C)(C)C#Cc1ccc(CCS(=O)(=O)Nc2ccsc2S(=O)(=O)O)cc1. The highest BCUT2D eigenvalue weighted by Crippen LogP contribution is 2.28. The first-order valence-corrected chi connectivity index (χ1v) is 12.0. The van der Waals surface area contributed by atoms with Crippen LogP contribution in [0.25, 0.3) is 0 Å². The minimum atomic E-state index is -4.47. The Morgan fingerprint density at radius 1 is 1.07 bits per heavy atom. The van der Waals surface area contributed by atoms with E-state index >= 15 is 0 Å². The molecule has 1 aromatic heterocycles. The number of sulfonamides is 1. The third-order valence-electron chi connectivity index (χ3n) is 3.32. The number of rotatable bonds is 6. The summed E-state index contributed by atoms with van der Waals surface area (Å²) in [6, 6.07) is 8.60. The van der Waals surface area contributed by atoms with Gasteiger partial charge in [-0.05, 0) is 56.3 Å². The molecule has 2 N–H and O–H groups in total. The topological polar surface area (TPSA) is 101 Å². The molecular weight excluding hydrogens is 406 g/mol. The van der Waals surface area contributed by atoms with E-state index in [-0.39, 0.29) is 23.3 Å². The van der Waals surface area contributed by atoms with Gasteiger partial charge in [0.25, 0.3) is 0 Å². The number of nitrogens with one attached hydrogen (secondary N) is 1. The number of thiophene rings is 1. The van der Waals surface area contributed by atoms with Gasteiger partial charge in [-0.3, -0.25) is 9.27 Å². The summed E-state index contributed by atoms with van der Waals surface area (Å²) in [6.07, 6.45) is 0.258. The van der Waals surface area contributed by atoms with E-state index in [4.69, 9.17) is 4.55 Å². The second-order valence-corrected chi connectivity index (χ2v) is 11.3. The van der Waals surface area contributed by atoms with Crippen LogP contribution in [-0.4, -0.2) is 27.1 Å². The van der Waals surface area contributed by atoms with Gasteiger partial charge in [0.1, 0.15) is 0 Å². The molecular formula is C18H21NO5S3. The van der Waals surface area contributed by atoms with Gasteiger partial charge in [-0.1, -0.05) is 24.0 Å². The molecule has 1 heterocycles. The Balaban J connectivity index is 2.03. The molecule has 0 bridgehead atoms. The van der Waals surface area contributed by atoms with Gasteiger partial charge < -0.3 is 0 Å². The Labute approximate surface area is 164 Å². The van der Waals surface area contributed by atoms with Gasteiger partial charge in [0.05, 0.1) is 11.4 Å². The first kappa shape index (κ1) is 21.4. The Morgan fingerprint density at radius 3 is 2.26 bits per heavy atom. The van der Waals surface area contributed by atoms with Crippen LogP contribution < -0.4 is 4.72 Å². The van der Waals surface area contributed by atoms with Crippen molar-refractivity contribution in [3.05, 3.63) is 46.8 Å². The summed E-state index contributed by atoms with van der Waals surface area (Å²) in [5, 5.41) is 1.39. The van der Waals surface area contributed by atoms with Crippen LogP contribution >= 0.6 is 11.3 Å². The van der Waals surface area contributed by atoms with Gasteiger partial charge in [0.2, 0.25) is 10.0 Å². The van der Waals surface area contributed by atoms with Gasteiger partial charge in [-0.25, -0.2) is 8.42 Å². The zero-order chi connectivity index (χ0) is 20.3. The van der Waals surface area contributed by atoms with Gasteiger partial charge in [0.15, 0.2) is 4.21 Å². The molecule has 0 spiro atoms. The molecule has 1 aromatic carbocycles. The lowest BCUT2D eigenvalue weighted by molar-refractivity contribution is 0.486. The summed E-state index contributed by atoms with van der Waals surface area (Å²) in [6.45, 7) is 6.06. The summed E-state index contributed by atoms with van der Waals surface area (Å²) in [5.74, 6) is 5.98. The predicted octanol–water partition coefficient (Wildman–Crippen LogP) is 3.38. The normalized spacial score (nSPS) is 12.3. The van der Waals surface area contributed by atoms with Crippen LogP contribution in [0.3, 0.4) is 0 Å². The molecule has 0 unspecified atom stereocenters. The minimum absolute atomic E-state index is 0.0963. The zero-order valence-electron chi connectivity index (χ0n) is 15.2. The van der Waals surface area contributed by atoms with Crippen molar-refractivity contribution in [2.75, 3.05) is 10.5 Å². The van der Waals surface area contributed by atoms with E-state index in [0.29, 0.717) is 0 Å². The highest BCUT2D eigenvalue weighted by atomic mass is 32.3. The van der Waals surface area contributed by atoms with E-state index in [1.807, 2.05) is 45.0 Å². The first-order chi connectivity index (χ1) is 12.4. The van der Waals surface area contributed by atoms with Gasteiger partial charge in [-0.2, -0.15) is 8.42 Å². The summed E-state index contributed by atoms with van der Waals surface area (Å²) < 4.78 is 57.9. The molecule has 0 radical (unpaired) electrons. The van der Waals surface area contributed by atoms with Crippen molar-refractivity contribution < 1.29 is 21.4 Å². The molecule has 2 rings (SSSR count). The summed E-state index contributed by atoms with van der Waals surface area (Å²) in [7, 11) is -8.24. The fraction of sp³-hybridized carbons (Fsp3) is 0.333. The number of aryl methyl sites for hydroxylation is 1. The van der Waals surface area contributed by atoms with Crippen molar-refractivity contribution in [3.8, 4) is 11.8 Å². The fourth-order valence-electron chi connectivity index (χ4n) is 2.06. The van der Waals surface area contributed by atoms with Crippen LogP contribution in [0.1, 0.15) is 31.9 Å². The van der Waals surface area contributed by atoms with E-state index in [2.05, 4.69) is 16.6 Å². The molecule has 0 amide bonds. The van der Waals surface area contributed by atoms with Crippen LogP contribution in [0.2, 0.25) is 0 Å². The molecule has 9 heteroatoms. The second kappa shape index (κ2) is 8.02. The Kier molecular flexibility index (Phi) is 6.37. The summed E-state index contributed by atoms with van der Waals surface area (Å²) >= 11 is 0.742. The Morgan fingerprint density at radius 2 is 1.70 bits per heavy atom. The van der Waals surface area contributed by atoms with Crippen molar-refractivity contribution in [2.24, 2.45) is 5.41 Å². The lowest BCUT2D eigenvalue weighted by Crippen LogP contribution is -2.19. The third-order valence-corrected chi connectivity index (χ3v) is 6.91. The monoisotopic (exact) mass is 427 g/mol. The largest absolute Gasteiger partial charge is 0.306 e. The van der Waals surface area contributed by atoms with Crippen molar-refractivity contribution in [1.82, 2.24) is 0 Å². The maximum Gasteiger partial charge on any atom is 0.306 e. The van der Waals surface area contributed by atoms with Crippen molar-refractivity contribution in [1.29, 1.82) is 0 Å². The molecule has 27 heavy (non-hydrogen) atoms. The van der Waals surface area contributed by atoms with Crippen molar-refractivity contribution in [3.63, 3.8) is 0 Å². The number of benzene rings is 1. The summed E-state index contributed by atoms with van der Waals surface area (Å²) in [4.78, 5) is 0. The van der Waals surface area contributed by atoms with Crippen molar-refractivity contribution in [2.45, 2.75) is 31.4 Å². The lowest BCUT2D eigenvalue weighted by atomic mass is 9.97. The molecule has 0 aliphatic carbocycles. The quantitative estimate of drug-likeness (QED) is 0.544. The van der Waals surface area contributed by atoms with Gasteiger partial charge in [-0.15, -0.1) is 11.3 Å². The first-order valence-electron chi connectivity index (χ1n) is 8.03. The van der Waals surface area contributed by atoms with Gasteiger partial charge >= 0.3 is 10.1 Å². The zero-order valence-corrected chi connectivity index (χ0v) is 17.6. The van der Waals surface area contributed by atoms with E-state index in [9.17, 15) is 16.8 Å². The lowest BCUT2D eigenvalue weighted by Gasteiger charge is -2.08. The second-order valence-electron chi connectivity index (χ2n) is 6.96. The van der Waals surface area contributed by atoms with E-state index < -0.39 is 24.4 Å². The Hall–Kier alpha value is -1.86. The standard InChI is InChI=1S/C18H21NO5S3/c1-18(2,3)11-8-14-4-6-15(7-5-14)10-13-26(20,21)19-16-9-12-25-17(16)27(22,23)24/h4-7,9,12,19H,10,13H2,1-3H3,(H,22,23,24). The maximum atomic E-state index is 12.2. The van der Waals surface area contributed by atoms with Crippen LogP contribution in [0, 0.1) is 17.3 Å². The molecule has 0 atom stereocenters. The molecule has 146 valence electrons. The Bertz CT molecular complexity index is 1060. The fourth-order valence-corrected chi connectivity index (χ4v) is 4.92. The minimum Gasteiger partial charge on any atom is -0.281 e. The highest BCUT2D eigenvalue weighted by molar-refractivity contribution is 7.93. The summed E-state index contributed by atoms with van der Waals surface area (Å²) in [5.41, 5.74) is 1.43. The van der Waals surface area contributed by atoms with E-state index in [1.54, 1.807) is 0 Å². The van der Waals surface area contributed by atoms with Crippen LogP contribution in [0.5, 0.6) is 0 Å². The van der Waals surface area contributed by atoms with E-state index in [0.717, 1.165) is 22.5 Å². The number of hydrogen-bond acceptors (Lipinski definition) is 5. The third kappa shape index (κ3) is 6.99.